The van der Waals surface area contributed by atoms with Crippen LogP contribution in [0.3, 0.4) is 0 Å². The van der Waals surface area contributed by atoms with E-state index in [1.165, 1.54) is 31.0 Å². The van der Waals surface area contributed by atoms with Crippen molar-refractivity contribution in [3.63, 3.8) is 0 Å². The number of nitrogens with one attached hydrogen (secondary N) is 1. The third kappa shape index (κ3) is 4.89. The summed E-state index contributed by atoms with van der Waals surface area (Å²) in [6.07, 6.45) is -2.08. The molecule has 0 bridgehead atoms. The van der Waals surface area contributed by atoms with Crippen LogP contribution in [-0.2, 0) is 6.18 Å². The molecule has 27 heavy (non-hydrogen) atoms. The van der Waals surface area contributed by atoms with E-state index in [1.54, 1.807) is 24.3 Å². The Morgan fingerprint density at radius 1 is 1.11 bits per heavy atom. The number of halogens is 3. The second kappa shape index (κ2) is 8.13. The molecule has 1 unspecified atom stereocenters. The Morgan fingerprint density at radius 3 is 2.52 bits per heavy atom. The van der Waals surface area contributed by atoms with Gasteiger partial charge in [0, 0.05) is 18.2 Å². The molecule has 1 amide bonds. The summed E-state index contributed by atoms with van der Waals surface area (Å²) in [5.41, 5.74) is 0.107. The maximum atomic E-state index is 13.3. The highest BCUT2D eigenvalue weighted by Gasteiger charge is 2.33. The van der Waals surface area contributed by atoms with Crippen LogP contribution in [0.15, 0.2) is 48.5 Å². The first-order valence-electron chi connectivity index (χ1n) is 9.14. The molecular formula is C21H23F3N2O. The number of carbonyl (C=O) groups excluding carboxylic acids is 1. The van der Waals surface area contributed by atoms with Gasteiger partial charge in [0.25, 0.3) is 5.91 Å². The molecule has 1 aliphatic rings. The Labute approximate surface area is 157 Å². The Balaban J connectivity index is 1.77. The van der Waals surface area contributed by atoms with Crippen molar-refractivity contribution in [1.29, 1.82) is 0 Å². The summed E-state index contributed by atoms with van der Waals surface area (Å²) in [5, 5.41) is 2.94. The molecule has 0 aromatic heterocycles. The Morgan fingerprint density at radius 2 is 1.81 bits per heavy atom. The topological polar surface area (TPSA) is 32.3 Å². The molecule has 6 heteroatoms. The largest absolute Gasteiger partial charge is 0.417 e. The van der Waals surface area contributed by atoms with Gasteiger partial charge in [-0.25, -0.2) is 0 Å². The van der Waals surface area contributed by atoms with E-state index in [2.05, 4.69) is 10.2 Å². The zero-order valence-electron chi connectivity index (χ0n) is 15.2. The lowest BCUT2D eigenvalue weighted by atomic mass is 9.97. The zero-order valence-corrected chi connectivity index (χ0v) is 15.2. The van der Waals surface area contributed by atoms with Crippen molar-refractivity contribution in [3.05, 3.63) is 59.7 Å². The molecule has 3 nitrogen and oxygen atoms in total. The number of hydrogen-bond donors (Lipinski definition) is 1. The maximum Gasteiger partial charge on any atom is 0.417 e. The molecule has 1 heterocycles. The van der Waals surface area contributed by atoms with E-state index in [1.807, 2.05) is 6.92 Å². The number of benzene rings is 2. The summed E-state index contributed by atoms with van der Waals surface area (Å²) in [6.45, 7) is 4.81. The third-order valence-electron chi connectivity index (χ3n) is 4.78. The number of amides is 1. The first-order chi connectivity index (χ1) is 12.8. The minimum atomic E-state index is -4.45. The molecule has 1 atom stereocenters. The summed E-state index contributed by atoms with van der Waals surface area (Å²) in [4.78, 5) is 14.8. The van der Waals surface area contributed by atoms with Crippen molar-refractivity contribution < 1.29 is 18.0 Å². The molecule has 1 aliphatic heterocycles. The smallest absolute Gasteiger partial charge is 0.348 e. The van der Waals surface area contributed by atoms with Crippen LogP contribution >= 0.6 is 0 Å². The number of hydrogen-bond acceptors (Lipinski definition) is 2. The van der Waals surface area contributed by atoms with Crippen LogP contribution in [0.25, 0.3) is 11.1 Å². The summed E-state index contributed by atoms with van der Waals surface area (Å²) in [5.74, 6) is -0.270. The highest BCUT2D eigenvalue weighted by Crippen LogP contribution is 2.37. The molecule has 0 radical (unpaired) electrons. The monoisotopic (exact) mass is 376 g/mol. The van der Waals surface area contributed by atoms with Gasteiger partial charge in [0.05, 0.1) is 5.56 Å². The predicted molar refractivity (Wildman–Crippen MR) is 99.5 cm³/mol. The molecule has 1 saturated heterocycles. The van der Waals surface area contributed by atoms with Crippen LogP contribution in [0.5, 0.6) is 0 Å². The van der Waals surface area contributed by atoms with E-state index >= 15 is 0 Å². The molecule has 144 valence electrons. The first-order valence-corrected chi connectivity index (χ1v) is 9.14. The number of alkyl halides is 3. The normalized spacial score (nSPS) is 16.3. The molecule has 3 rings (SSSR count). The standard InChI is InChI=1S/C21H23F3N2O/c1-15(14-26-11-4-5-12-26)25-20(27)17-8-6-7-16(13-17)18-9-2-3-10-19(18)21(22,23)24/h2-3,6-10,13,15H,4-5,11-12,14H2,1H3,(H,25,27). The van der Waals surface area contributed by atoms with Gasteiger partial charge in [-0.1, -0.05) is 30.3 Å². The highest BCUT2D eigenvalue weighted by atomic mass is 19.4. The van der Waals surface area contributed by atoms with Crippen LogP contribution in [0.2, 0.25) is 0 Å². The number of likely N-dealkylation sites (tertiary alicyclic amines) is 1. The Bertz CT molecular complexity index is 798. The molecule has 2 aromatic rings. The predicted octanol–water partition coefficient (Wildman–Crippen LogP) is 4.59. The van der Waals surface area contributed by atoms with Gasteiger partial charge in [0.1, 0.15) is 0 Å². The summed E-state index contributed by atoms with van der Waals surface area (Å²) in [6, 6.07) is 11.7. The van der Waals surface area contributed by atoms with E-state index in [9.17, 15) is 18.0 Å². The third-order valence-corrected chi connectivity index (χ3v) is 4.78. The van der Waals surface area contributed by atoms with Crippen LogP contribution in [0.4, 0.5) is 13.2 Å². The highest BCUT2D eigenvalue weighted by molar-refractivity contribution is 5.95. The van der Waals surface area contributed by atoms with Crippen molar-refractivity contribution in [2.45, 2.75) is 32.0 Å². The molecule has 0 saturated carbocycles. The quantitative estimate of drug-likeness (QED) is 0.828. The fraction of sp³-hybridized carbons (Fsp3) is 0.381. The number of carbonyl (C=O) groups is 1. The molecule has 1 fully saturated rings. The molecule has 1 N–H and O–H groups in total. The average molecular weight is 376 g/mol. The molecule has 0 aliphatic carbocycles. The van der Waals surface area contributed by atoms with Gasteiger partial charge in [0.15, 0.2) is 0 Å². The summed E-state index contributed by atoms with van der Waals surface area (Å²) < 4.78 is 39.8. The maximum absolute atomic E-state index is 13.3. The number of nitrogens with zero attached hydrogens (tertiary/aromatic N) is 1. The Kier molecular flexibility index (Phi) is 5.85. The average Bonchev–Trinajstić information content (AvgIpc) is 3.14. The van der Waals surface area contributed by atoms with Crippen LogP contribution in [0.1, 0.15) is 35.7 Å². The Hall–Kier alpha value is -2.34. The zero-order chi connectivity index (χ0) is 19.4. The van der Waals surface area contributed by atoms with Gasteiger partial charge in [-0.2, -0.15) is 13.2 Å². The SMILES string of the molecule is CC(CN1CCCC1)NC(=O)c1cccc(-c2ccccc2C(F)(F)F)c1. The van der Waals surface area contributed by atoms with E-state index in [0.717, 1.165) is 25.7 Å². The van der Waals surface area contributed by atoms with Crippen molar-refractivity contribution in [1.82, 2.24) is 10.2 Å². The lowest BCUT2D eigenvalue weighted by molar-refractivity contribution is -0.137. The lowest BCUT2D eigenvalue weighted by Gasteiger charge is -2.21. The van der Waals surface area contributed by atoms with Crippen molar-refractivity contribution >= 4 is 5.91 Å². The van der Waals surface area contributed by atoms with Crippen LogP contribution < -0.4 is 5.32 Å². The lowest BCUT2D eigenvalue weighted by Crippen LogP contribution is -2.41. The van der Waals surface area contributed by atoms with Crippen LogP contribution in [0, 0.1) is 0 Å². The summed E-state index contributed by atoms with van der Waals surface area (Å²) in [7, 11) is 0. The fourth-order valence-corrected chi connectivity index (χ4v) is 3.52. The van der Waals surface area contributed by atoms with E-state index < -0.39 is 11.7 Å². The molecule has 2 aromatic carbocycles. The second-order valence-corrected chi connectivity index (χ2v) is 7.01. The van der Waals surface area contributed by atoms with Gasteiger partial charge in [-0.15, -0.1) is 0 Å². The summed E-state index contributed by atoms with van der Waals surface area (Å²) >= 11 is 0. The van der Waals surface area contributed by atoms with E-state index in [4.69, 9.17) is 0 Å². The van der Waals surface area contributed by atoms with Gasteiger partial charge < -0.3 is 10.2 Å². The van der Waals surface area contributed by atoms with E-state index in [-0.39, 0.29) is 17.5 Å². The fourth-order valence-electron chi connectivity index (χ4n) is 3.52. The minimum Gasteiger partial charge on any atom is -0.348 e. The second-order valence-electron chi connectivity index (χ2n) is 7.01. The first kappa shape index (κ1) is 19.4. The van der Waals surface area contributed by atoms with Gasteiger partial charge in [0.2, 0.25) is 0 Å². The minimum absolute atomic E-state index is 0.0262. The van der Waals surface area contributed by atoms with Crippen molar-refractivity contribution in [3.8, 4) is 11.1 Å². The van der Waals surface area contributed by atoms with Crippen molar-refractivity contribution in [2.24, 2.45) is 0 Å². The molecular weight excluding hydrogens is 353 g/mol. The van der Waals surface area contributed by atoms with Gasteiger partial charge in [-0.05, 0) is 62.2 Å². The number of rotatable bonds is 5. The van der Waals surface area contributed by atoms with Crippen LogP contribution in [-0.4, -0.2) is 36.5 Å². The van der Waals surface area contributed by atoms with Crippen molar-refractivity contribution in [2.75, 3.05) is 19.6 Å². The molecule has 0 spiro atoms. The van der Waals surface area contributed by atoms with E-state index in [0.29, 0.717) is 11.1 Å². The van der Waals surface area contributed by atoms with Gasteiger partial charge >= 0.3 is 6.18 Å². The van der Waals surface area contributed by atoms with Gasteiger partial charge in [-0.3, -0.25) is 4.79 Å².